The standard InChI is InChI=1S/C26H28N2O6S/c1-17-8-6-7-9-26(17)35(29,30)28-22(20-12-11-19(31-2)15-24(20)33-4)16-21(27-28)18-10-13-23(32-3)25(14-18)34-5/h6-15,22H,16H2,1-5H3/t22-/m1/s1. The van der Waals surface area contributed by atoms with Gasteiger partial charge in [0, 0.05) is 23.6 Å². The Hall–Kier alpha value is -3.72. The van der Waals surface area contributed by atoms with Crippen molar-refractivity contribution in [2.45, 2.75) is 24.3 Å². The molecule has 1 aliphatic rings. The van der Waals surface area contributed by atoms with Crippen molar-refractivity contribution in [2.24, 2.45) is 5.10 Å². The summed E-state index contributed by atoms with van der Waals surface area (Å²) >= 11 is 0. The van der Waals surface area contributed by atoms with Gasteiger partial charge in [0.1, 0.15) is 11.5 Å². The molecule has 0 bridgehead atoms. The monoisotopic (exact) mass is 496 g/mol. The highest BCUT2D eigenvalue weighted by molar-refractivity contribution is 7.89. The molecule has 0 saturated carbocycles. The average Bonchev–Trinajstić information content (AvgIpc) is 3.34. The normalized spacial score (nSPS) is 15.5. The molecule has 184 valence electrons. The predicted molar refractivity (Wildman–Crippen MR) is 133 cm³/mol. The first kappa shape index (κ1) is 24.4. The van der Waals surface area contributed by atoms with Gasteiger partial charge in [0.05, 0.1) is 45.1 Å². The molecule has 4 rings (SSSR count). The van der Waals surface area contributed by atoms with Crippen LogP contribution >= 0.6 is 0 Å². The number of rotatable bonds is 8. The number of hydrogen-bond acceptors (Lipinski definition) is 7. The summed E-state index contributed by atoms with van der Waals surface area (Å²) in [4.78, 5) is 0.204. The van der Waals surface area contributed by atoms with Gasteiger partial charge in [-0.1, -0.05) is 18.2 Å². The summed E-state index contributed by atoms with van der Waals surface area (Å²) in [7, 11) is 2.25. The lowest BCUT2D eigenvalue weighted by molar-refractivity contribution is 0.346. The first-order chi connectivity index (χ1) is 16.8. The Balaban J connectivity index is 1.86. The molecule has 35 heavy (non-hydrogen) atoms. The smallest absolute Gasteiger partial charge is 0.279 e. The van der Waals surface area contributed by atoms with Crippen LogP contribution in [0.4, 0.5) is 0 Å². The number of nitrogens with zero attached hydrogens (tertiary/aromatic N) is 2. The summed E-state index contributed by atoms with van der Waals surface area (Å²) < 4.78 is 50.6. The molecule has 0 amide bonds. The molecule has 0 saturated heterocycles. The van der Waals surface area contributed by atoms with Crippen LogP contribution in [-0.2, 0) is 10.0 Å². The highest BCUT2D eigenvalue weighted by Crippen LogP contribution is 2.42. The zero-order valence-corrected chi connectivity index (χ0v) is 21.1. The van der Waals surface area contributed by atoms with E-state index in [0.717, 1.165) is 5.56 Å². The maximum atomic E-state index is 13.9. The van der Waals surface area contributed by atoms with Crippen LogP contribution in [0.1, 0.15) is 29.2 Å². The molecular weight excluding hydrogens is 468 g/mol. The number of ether oxygens (including phenoxy) is 4. The fourth-order valence-corrected chi connectivity index (χ4v) is 5.83. The van der Waals surface area contributed by atoms with Crippen molar-refractivity contribution in [2.75, 3.05) is 28.4 Å². The Morgan fingerprint density at radius 1 is 0.829 bits per heavy atom. The van der Waals surface area contributed by atoms with Gasteiger partial charge in [-0.25, -0.2) is 0 Å². The quantitative estimate of drug-likeness (QED) is 0.454. The van der Waals surface area contributed by atoms with E-state index in [0.29, 0.717) is 46.3 Å². The third kappa shape index (κ3) is 4.51. The van der Waals surface area contributed by atoms with E-state index >= 15 is 0 Å². The number of sulfonamides is 1. The van der Waals surface area contributed by atoms with Crippen molar-refractivity contribution in [3.05, 3.63) is 77.4 Å². The van der Waals surface area contributed by atoms with Crippen molar-refractivity contribution in [3.8, 4) is 23.0 Å². The zero-order chi connectivity index (χ0) is 25.2. The van der Waals surface area contributed by atoms with Crippen LogP contribution in [0, 0.1) is 6.92 Å². The topological polar surface area (TPSA) is 86.7 Å². The Kier molecular flexibility index (Phi) is 6.88. The predicted octanol–water partition coefficient (Wildman–Crippen LogP) is 4.57. The summed E-state index contributed by atoms with van der Waals surface area (Å²) in [5.41, 5.74) is 2.67. The van der Waals surface area contributed by atoms with Crippen LogP contribution in [0.15, 0.2) is 70.7 Å². The minimum absolute atomic E-state index is 0.204. The van der Waals surface area contributed by atoms with Gasteiger partial charge in [0.25, 0.3) is 10.0 Å². The Bertz CT molecular complexity index is 1370. The molecule has 0 unspecified atom stereocenters. The molecule has 0 aliphatic carbocycles. The molecule has 0 N–H and O–H groups in total. The highest BCUT2D eigenvalue weighted by Gasteiger charge is 2.39. The van der Waals surface area contributed by atoms with Crippen LogP contribution in [-0.4, -0.2) is 47.0 Å². The van der Waals surface area contributed by atoms with E-state index in [1.807, 2.05) is 12.1 Å². The lowest BCUT2D eigenvalue weighted by Crippen LogP contribution is -2.28. The van der Waals surface area contributed by atoms with E-state index in [4.69, 9.17) is 18.9 Å². The van der Waals surface area contributed by atoms with Crippen LogP contribution in [0.25, 0.3) is 0 Å². The molecule has 0 spiro atoms. The molecule has 9 heteroatoms. The summed E-state index contributed by atoms with van der Waals surface area (Å²) in [6.07, 6.45) is 0.337. The summed E-state index contributed by atoms with van der Waals surface area (Å²) in [5, 5.41) is 4.63. The largest absolute Gasteiger partial charge is 0.497 e. The molecule has 1 atom stereocenters. The summed E-state index contributed by atoms with van der Waals surface area (Å²) in [5.74, 6) is 2.24. The molecule has 8 nitrogen and oxygen atoms in total. The van der Waals surface area contributed by atoms with Gasteiger partial charge < -0.3 is 18.9 Å². The minimum atomic E-state index is -3.97. The van der Waals surface area contributed by atoms with E-state index in [2.05, 4.69) is 5.10 Å². The third-order valence-corrected chi connectivity index (χ3v) is 7.85. The second-order valence-corrected chi connectivity index (χ2v) is 9.75. The van der Waals surface area contributed by atoms with Crippen molar-refractivity contribution in [1.82, 2.24) is 4.41 Å². The maximum Gasteiger partial charge on any atom is 0.279 e. The number of methoxy groups -OCH3 is 4. The molecule has 3 aromatic carbocycles. The molecule has 1 aliphatic heterocycles. The first-order valence-corrected chi connectivity index (χ1v) is 12.4. The molecule has 0 radical (unpaired) electrons. The first-order valence-electron chi connectivity index (χ1n) is 11.0. The molecule has 0 fully saturated rings. The zero-order valence-electron chi connectivity index (χ0n) is 20.3. The lowest BCUT2D eigenvalue weighted by atomic mass is 9.98. The third-order valence-electron chi connectivity index (χ3n) is 6.01. The van der Waals surface area contributed by atoms with Gasteiger partial charge in [-0.15, -0.1) is 0 Å². The summed E-state index contributed by atoms with van der Waals surface area (Å²) in [6, 6.07) is 17.0. The molecule has 3 aromatic rings. The second-order valence-electron chi connectivity index (χ2n) is 7.99. The van der Waals surface area contributed by atoms with E-state index in [1.54, 1.807) is 83.9 Å². The van der Waals surface area contributed by atoms with Crippen molar-refractivity contribution < 1.29 is 27.4 Å². The van der Waals surface area contributed by atoms with E-state index in [1.165, 1.54) is 4.41 Å². The number of hydrazone groups is 1. The SMILES string of the molecule is COc1ccc([C@H]2CC(c3ccc(OC)c(OC)c3)=NN2S(=O)(=O)c2ccccc2C)c(OC)c1. The fourth-order valence-electron chi connectivity index (χ4n) is 4.17. The fraction of sp³-hybridized carbons (Fsp3) is 0.269. The van der Waals surface area contributed by atoms with E-state index in [9.17, 15) is 8.42 Å². The van der Waals surface area contributed by atoms with Gasteiger partial charge in [-0.3, -0.25) is 0 Å². The van der Waals surface area contributed by atoms with E-state index < -0.39 is 16.1 Å². The molecular formula is C26H28N2O6S. The number of aryl methyl sites for hydroxylation is 1. The Morgan fingerprint density at radius 2 is 1.54 bits per heavy atom. The molecule has 1 heterocycles. The molecule has 0 aromatic heterocycles. The van der Waals surface area contributed by atoms with Crippen molar-refractivity contribution in [1.29, 1.82) is 0 Å². The Labute approximate surface area is 205 Å². The van der Waals surface area contributed by atoms with Gasteiger partial charge in [-0.2, -0.15) is 17.9 Å². The van der Waals surface area contributed by atoms with Crippen LogP contribution in [0.3, 0.4) is 0 Å². The minimum Gasteiger partial charge on any atom is -0.497 e. The average molecular weight is 497 g/mol. The van der Waals surface area contributed by atoms with Crippen LogP contribution < -0.4 is 18.9 Å². The van der Waals surface area contributed by atoms with Gasteiger partial charge in [-0.05, 0) is 48.9 Å². The number of hydrogen-bond donors (Lipinski definition) is 0. The van der Waals surface area contributed by atoms with Crippen molar-refractivity contribution >= 4 is 15.7 Å². The lowest BCUT2D eigenvalue weighted by Gasteiger charge is -2.25. The summed E-state index contributed by atoms with van der Waals surface area (Å²) in [6.45, 7) is 1.77. The van der Waals surface area contributed by atoms with Gasteiger partial charge >= 0.3 is 0 Å². The van der Waals surface area contributed by atoms with Crippen LogP contribution in [0.5, 0.6) is 23.0 Å². The second kappa shape index (κ2) is 9.87. The number of benzene rings is 3. The maximum absolute atomic E-state index is 13.9. The van der Waals surface area contributed by atoms with Crippen molar-refractivity contribution in [3.63, 3.8) is 0 Å². The highest BCUT2D eigenvalue weighted by atomic mass is 32.2. The van der Waals surface area contributed by atoms with E-state index in [-0.39, 0.29) is 4.90 Å². The Morgan fingerprint density at radius 3 is 2.20 bits per heavy atom. The van der Waals surface area contributed by atoms with Gasteiger partial charge in [0.2, 0.25) is 0 Å². The van der Waals surface area contributed by atoms with Crippen LogP contribution in [0.2, 0.25) is 0 Å². The van der Waals surface area contributed by atoms with Gasteiger partial charge in [0.15, 0.2) is 11.5 Å².